The SMILES string of the molecule is CCC1(CNCc2c(Cl)cccc2[N+](=O)[O-])CC1. The third kappa shape index (κ3) is 2.82. The lowest BCUT2D eigenvalue weighted by atomic mass is 10.0. The van der Waals surface area contributed by atoms with Gasteiger partial charge in [0.2, 0.25) is 0 Å². The molecule has 0 radical (unpaired) electrons. The van der Waals surface area contributed by atoms with Gasteiger partial charge >= 0.3 is 0 Å². The standard InChI is InChI=1S/C13H17ClN2O2/c1-2-13(6-7-13)9-15-8-10-11(14)4-3-5-12(10)16(17)18/h3-5,15H,2,6-9H2,1H3. The number of rotatable bonds is 6. The monoisotopic (exact) mass is 268 g/mol. The molecule has 0 amide bonds. The molecule has 1 N–H and O–H groups in total. The van der Waals surface area contributed by atoms with E-state index >= 15 is 0 Å². The first-order chi connectivity index (χ1) is 8.58. The maximum atomic E-state index is 10.9. The van der Waals surface area contributed by atoms with Gasteiger partial charge in [0.15, 0.2) is 0 Å². The van der Waals surface area contributed by atoms with Gasteiger partial charge in [-0.1, -0.05) is 24.6 Å². The fraction of sp³-hybridized carbons (Fsp3) is 0.538. The smallest absolute Gasteiger partial charge is 0.275 e. The van der Waals surface area contributed by atoms with E-state index in [9.17, 15) is 10.1 Å². The quantitative estimate of drug-likeness (QED) is 0.634. The minimum atomic E-state index is -0.379. The highest BCUT2D eigenvalue weighted by molar-refractivity contribution is 6.31. The number of nitro benzene ring substituents is 1. The summed E-state index contributed by atoms with van der Waals surface area (Å²) in [6, 6.07) is 4.80. The first-order valence-electron chi connectivity index (χ1n) is 6.20. The minimum Gasteiger partial charge on any atom is -0.312 e. The fourth-order valence-electron chi connectivity index (χ4n) is 2.18. The molecule has 0 bridgehead atoms. The summed E-state index contributed by atoms with van der Waals surface area (Å²) in [6.07, 6.45) is 3.66. The van der Waals surface area contributed by atoms with Crippen LogP contribution in [0.15, 0.2) is 18.2 Å². The summed E-state index contributed by atoms with van der Waals surface area (Å²) in [5.74, 6) is 0. The topological polar surface area (TPSA) is 55.2 Å². The number of hydrogen-bond donors (Lipinski definition) is 1. The van der Waals surface area contributed by atoms with E-state index in [0.717, 1.165) is 13.0 Å². The van der Waals surface area contributed by atoms with Crippen molar-refractivity contribution in [3.8, 4) is 0 Å². The van der Waals surface area contributed by atoms with Crippen LogP contribution in [0.3, 0.4) is 0 Å². The average Bonchev–Trinajstić information content (AvgIpc) is 3.11. The van der Waals surface area contributed by atoms with Crippen LogP contribution in [-0.2, 0) is 6.54 Å². The fourth-order valence-corrected chi connectivity index (χ4v) is 2.41. The largest absolute Gasteiger partial charge is 0.312 e. The van der Waals surface area contributed by atoms with Crippen molar-refractivity contribution in [3.05, 3.63) is 38.9 Å². The number of nitrogens with one attached hydrogen (secondary N) is 1. The number of hydrogen-bond acceptors (Lipinski definition) is 3. The Labute approximate surface area is 111 Å². The number of nitro groups is 1. The zero-order valence-electron chi connectivity index (χ0n) is 10.4. The van der Waals surface area contributed by atoms with Crippen LogP contribution in [0.5, 0.6) is 0 Å². The number of halogens is 1. The lowest BCUT2D eigenvalue weighted by Gasteiger charge is -2.13. The van der Waals surface area contributed by atoms with Crippen molar-refractivity contribution in [1.29, 1.82) is 0 Å². The highest BCUT2D eigenvalue weighted by Gasteiger charge is 2.39. The first kappa shape index (κ1) is 13.3. The highest BCUT2D eigenvalue weighted by Crippen LogP contribution is 2.47. The van der Waals surface area contributed by atoms with Gasteiger partial charge < -0.3 is 5.32 Å². The van der Waals surface area contributed by atoms with Crippen LogP contribution in [0.2, 0.25) is 5.02 Å². The summed E-state index contributed by atoms with van der Waals surface area (Å²) in [5, 5.41) is 14.7. The van der Waals surface area contributed by atoms with Crippen molar-refractivity contribution >= 4 is 17.3 Å². The normalized spacial score (nSPS) is 16.6. The molecule has 1 saturated carbocycles. The van der Waals surface area contributed by atoms with Crippen LogP contribution in [-0.4, -0.2) is 11.5 Å². The highest BCUT2D eigenvalue weighted by atomic mass is 35.5. The van der Waals surface area contributed by atoms with E-state index < -0.39 is 0 Å². The molecule has 1 fully saturated rings. The second-order valence-corrected chi connectivity index (χ2v) is 5.36. The second-order valence-electron chi connectivity index (χ2n) is 4.95. The summed E-state index contributed by atoms with van der Waals surface area (Å²) in [6.45, 7) is 3.55. The second kappa shape index (κ2) is 5.24. The van der Waals surface area contributed by atoms with E-state index in [-0.39, 0.29) is 10.6 Å². The predicted octanol–water partition coefficient (Wildman–Crippen LogP) is 3.53. The lowest BCUT2D eigenvalue weighted by Crippen LogP contribution is -2.23. The Morgan fingerprint density at radius 1 is 1.50 bits per heavy atom. The maximum Gasteiger partial charge on any atom is 0.275 e. The van der Waals surface area contributed by atoms with Crippen LogP contribution < -0.4 is 5.32 Å². The Hall–Kier alpha value is -1.13. The van der Waals surface area contributed by atoms with Crippen LogP contribution >= 0.6 is 11.6 Å². The molecule has 1 aliphatic carbocycles. The van der Waals surface area contributed by atoms with Crippen LogP contribution in [0.25, 0.3) is 0 Å². The molecule has 0 unspecified atom stereocenters. The Bertz CT molecular complexity index is 458. The molecule has 0 aromatic heterocycles. The van der Waals surface area contributed by atoms with Crippen molar-refractivity contribution in [3.63, 3.8) is 0 Å². The molecular weight excluding hydrogens is 252 g/mol. The van der Waals surface area contributed by atoms with E-state index in [0.29, 0.717) is 22.5 Å². The van der Waals surface area contributed by atoms with Crippen LogP contribution in [0, 0.1) is 15.5 Å². The molecule has 5 heteroatoms. The molecule has 18 heavy (non-hydrogen) atoms. The molecule has 0 spiro atoms. The maximum absolute atomic E-state index is 10.9. The Balaban J connectivity index is 2.02. The molecule has 0 aliphatic heterocycles. The van der Waals surface area contributed by atoms with Gasteiger partial charge in [-0.15, -0.1) is 0 Å². The molecule has 1 aromatic carbocycles. The van der Waals surface area contributed by atoms with Gasteiger partial charge in [0.1, 0.15) is 0 Å². The van der Waals surface area contributed by atoms with Crippen molar-refractivity contribution in [2.45, 2.75) is 32.7 Å². The third-order valence-corrected chi connectivity index (χ3v) is 4.15. The van der Waals surface area contributed by atoms with E-state index in [1.807, 2.05) is 0 Å². The van der Waals surface area contributed by atoms with E-state index in [2.05, 4.69) is 12.2 Å². The molecule has 1 aromatic rings. The van der Waals surface area contributed by atoms with Gasteiger partial charge in [-0.3, -0.25) is 10.1 Å². The molecule has 0 saturated heterocycles. The van der Waals surface area contributed by atoms with Crippen molar-refractivity contribution in [1.82, 2.24) is 5.32 Å². The van der Waals surface area contributed by atoms with E-state index in [4.69, 9.17) is 11.6 Å². The van der Waals surface area contributed by atoms with Gasteiger partial charge in [-0.05, 0) is 30.7 Å². The van der Waals surface area contributed by atoms with Gasteiger partial charge in [-0.2, -0.15) is 0 Å². The third-order valence-electron chi connectivity index (χ3n) is 3.80. The van der Waals surface area contributed by atoms with Crippen molar-refractivity contribution < 1.29 is 4.92 Å². The van der Waals surface area contributed by atoms with Gasteiger partial charge in [0, 0.05) is 19.2 Å². The summed E-state index contributed by atoms with van der Waals surface area (Å²) >= 11 is 6.03. The average molecular weight is 269 g/mol. The summed E-state index contributed by atoms with van der Waals surface area (Å²) in [5.41, 5.74) is 1.10. The van der Waals surface area contributed by atoms with E-state index in [1.165, 1.54) is 18.9 Å². The Morgan fingerprint density at radius 3 is 2.78 bits per heavy atom. The molecule has 4 nitrogen and oxygen atoms in total. The number of benzene rings is 1. The zero-order chi connectivity index (χ0) is 13.2. The van der Waals surface area contributed by atoms with Crippen molar-refractivity contribution in [2.75, 3.05) is 6.54 Å². The predicted molar refractivity (Wildman–Crippen MR) is 71.8 cm³/mol. The van der Waals surface area contributed by atoms with Crippen LogP contribution in [0.1, 0.15) is 31.7 Å². The molecule has 0 atom stereocenters. The van der Waals surface area contributed by atoms with Gasteiger partial charge in [0.25, 0.3) is 5.69 Å². The molecular formula is C13H17ClN2O2. The lowest BCUT2D eigenvalue weighted by molar-refractivity contribution is -0.385. The van der Waals surface area contributed by atoms with E-state index in [1.54, 1.807) is 12.1 Å². The van der Waals surface area contributed by atoms with Crippen LogP contribution in [0.4, 0.5) is 5.69 Å². The first-order valence-corrected chi connectivity index (χ1v) is 6.58. The zero-order valence-corrected chi connectivity index (χ0v) is 11.2. The summed E-state index contributed by atoms with van der Waals surface area (Å²) < 4.78 is 0. The van der Waals surface area contributed by atoms with Gasteiger partial charge in [-0.25, -0.2) is 0 Å². The summed E-state index contributed by atoms with van der Waals surface area (Å²) in [7, 11) is 0. The van der Waals surface area contributed by atoms with Crippen molar-refractivity contribution in [2.24, 2.45) is 5.41 Å². The minimum absolute atomic E-state index is 0.0938. The van der Waals surface area contributed by atoms with Gasteiger partial charge in [0.05, 0.1) is 15.5 Å². The Morgan fingerprint density at radius 2 is 2.22 bits per heavy atom. The summed E-state index contributed by atoms with van der Waals surface area (Å²) in [4.78, 5) is 10.5. The molecule has 0 heterocycles. The Kier molecular flexibility index (Phi) is 3.88. The molecule has 2 rings (SSSR count). The molecule has 1 aliphatic rings. The molecule has 98 valence electrons. The number of nitrogens with zero attached hydrogens (tertiary/aromatic N) is 1.